The molecular formula is C12H21N3S. The molecule has 16 heavy (non-hydrogen) atoms. The van der Waals surface area contributed by atoms with Gasteiger partial charge in [0.2, 0.25) is 0 Å². The van der Waals surface area contributed by atoms with Gasteiger partial charge in [-0.25, -0.2) is 4.98 Å². The number of rotatable bonds is 3. The molecule has 0 spiro atoms. The molecule has 1 aliphatic heterocycles. The van der Waals surface area contributed by atoms with Crippen LogP contribution in [-0.2, 0) is 6.54 Å². The molecule has 0 bridgehead atoms. The van der Waals surface area contributed by atoms with Gasteiger partial charge in [-0.05, 0) is 46.3 Å². The van der Waals surface area contributed by atoms with Crippen LogP contribution in [0.4, 0.5) is 0 Å². The zero-order chi connectivity index (χ0) is 11.4. The first-order valence-corrected chi connectivity index (χ1v) is 6.95. The van der Waals surface area contributed by atoms with Crippen LogP contribution < -0.4 is 5.32 Å². The lowest BCUT2D eigenvalue weighted by Crippen LogP contribution is -2.32. The predicted octanol–water partition coefficient (Wildman–Crippen LogP) is 2.03. The number of nitrogens with zero attached hydrogens (tertiary/aromatic N) is 2. The molecule has 3 nitrogen and oxygen atoms in total. The smallest absolute Gasteiger partial charge is 0.0897 e. The molecule has 1 atom stereocenters. The van der Waals surface area contributed by atoms with E-state index in [9.17, 15) is 0 Å². The van der Waals surface area contributed by atoms with Crippen LogP contribution in [0.1, 0.15) is 30.0 Å². The Morgan fingerprint density at radius 2 is 2.38 bits per heavy atom. The topological polar surface area (TPSA) is 28.2 Å². The Balaban J connectivity index is 1.88. The standard InChI is InChI=1S/C12H21N3S/c1-10-14-11(9-16-10)8-15(2)12-4-3-6-13-7-5-12/h9,12-13H,3-8H2,1-2H3. The van der Waals surface area contributed by atoms with E-state index < -0.39 is 0 Å². The van der Waals surface area contributed by atoms with Crippen LogP contribution in [-0.4, -0.2) is 36.1 Å². The fraction of sp³-hybridized carbons (Fsp3) is 0.750. The van der Waals surface area contributed by atoms with Crippen molar-refractivity contribution in [1.82, 2.24) is 15.2 Å². The molecule has 4 heteroatoms. The highest BCUT2D eigenvalue weighted by atomic mass is 32.1. The summed E-state index contributed by atoms with van der Waals surface area (Å²) in [6, 6.07) is 0.719. The summed E-state index contributed by atoms with van der Waals surface area (Å²) in [7, 11) is 2.23. The van der Waals surface area contributed by atoms with Gasteiger partial charge in [-0.15, -0.1) is 11.3 Å². The minimum absolute atomic E-state index is 0.719. The lowest BCUT2D eigenvalue weighted by atomic mass is 10.1. The van der Waals surface area contributed by atoms with Crippen LogP contribution in [0.15, 0.2) is 5.38 Å². The van der Waals surface area contributed by atoms with E-state index in [1.54, 1.807) is 11.3 Å². The van der Waals surface area contributed by atoms with Gasteiger partial charge in [-0.2, -0.15) is 0 Å². The summed E-state index contributed by atoms with van der Waals surface area (Å²) >= 11 is 1.75. The number of aryl methyl sites for hydroxylation is 1. The lowest BCUT2D eigenvalue weighted by molar-refractivity contribution is 0.214. The maximum absolute atomic E-state index is 4.53. The van der Waals surface area contributed by atoms with Crippen molar-refractivity contribution in [2.45, 2.75) is 38.8 Å². The summed E-state index contributed by atoms with van der Waals surface area (Å²) < 4.78 is 0. The van der Waals surface area contributed by atoms with Gasteiger partial charge in [-0.1, -0.05) is 0 Å². The molecular weight excluding hydrogens is 218 g/mol. The van der Waals surface area contributed by atoms with Gasteiger partial charge in [0.15, 0.2) is 0 Å². The Bertz CT molecular complexity index is 316. The first-order valence-electron chi connectivity index (χ1n) is 6.07. The van der Waals surface area contributed by atoms with Crippen molar-refractivity contribution >= 4 is 11.3 Å². The largest absolute Gasteiger partial charge is 0.317 e. The molecule has 0 radical (unpaired) electrons. The molecule has 90 valence electrons. The number of hydrogen-bond acceptors (Lipinski definition) is 4. The molecule has 0 aromatic carbocycles. The molecule has 1 fully saturated rings. The molecule has 1 aliphatic rings. The molecule has 0 saturated carbocycles. The van der Waals surface area contributed by atoms with Gasteiger partial charge in [0.1, 0.15) is 0 Å². The van der Waals surface area contributed by atoms with E-state index in [2.05, 4.69) is 34.6 Å². The molecule has 0 aliphatic carbocycles. The van der Waals surface area contributed by atoms with Crippen molar-refractivity contribution in [3.63, 3.8) is 0 Å². The lowest BCUT2D eigenvalue weighted by Gasteiger charge is -2.25. The summed E-state index contributed by atoms with van der Waals surface area (Å²) in [6.45, 7) is 5.41. The van der Waals surface area contributed by atoms with Crippen molar-refractivity contribution in [2.24, 2.45) is 0 Å². The fourth-order valence-electron chi connectivity index (χ4n) is 2.31. The average molecular weight is 239 g/mol. The van der Waals surface area contributed by atoms with Gasteiger partial charge in [-0.3, -0.25) is 4.90 Å². The molecule has 2 heterocycles. The van der Waals surface area contributed by atoms with Crippen LogP contribution in [0.5, 0.6) is 0 Å². The van der Waals surface area contributed by atoms with Gasteiger partial charge in [0.25, 0.3) is 0 Å². The van der Waals surface area contributed by atoms with Gasteiger partial charge >= 0.3 is 0 Å². The highest BCUT2D eigenvalue weighted by Gasteiger charge is 2.17. The average Bonchev–Trinajstić information content (AvgIpc) is 2.56. The maximum atomic E-state index is 4.53. The number of thiazole rings is 1. The zero-order valence-electron chi connectivity index (χ0n) is 10.2. The van der Waals surface area contributed by atoms with E-state index in [-0.39, 0.29) is 0 Å². The van der Waals surface area contributed by atoms with Crippen LogP contribution in [0.3, 0.4) is 0 Å². The normalized spacial score (nSPS) is 22.3. The number of nitrogens with one attached hydrogen (secondary N) is 1. The van der Waals surface area contributed by atoms with Crippen molar-refractivity contribution < 1.29 is 0 Å². The summed E-state index contributed by atoms with van der Waals surface area (Å²) in [4.78, 5) is 6.99. The molecule has 1 unspecified atom stereocenters. The van der Waals surface area contributed by atoms with E-state index in [0.717, 1.165) is 19.1 Å². The first kappa shape index (κ1) is 12.0. The van der Waals surface area contributed by atoms with E-state index in [0.29, 0.717) is 0 Å². The third-order valence-electron chi connectivity index (χ3n) is 3.25. The summed E-state index contributed by atoms with van der Waals surface area (Å²) in [5.74, 6) is 0. The predicted molar refractivity (Wildman–Crippen MR) is 68.8 cm³/mol. The van der Waals surface area contributed by atoms with Gasteiger partial charge < -0.3 is 5.32 Å². The van der Waals surface area contributed by atoms with Gasteiger partial charge in [0.05, 0.1) is 10.7 Å². The second-order valence-corrected chi connectivity index (χ2v) is 5.67. The highest BCUT2D eigenvalue weighted by molar-refractivity contribution is 7.09. The highest BCUT2D eigenvalue weighted by Crippen LogP contribution is 2.16. The van der Waals surface area contributed by atoms with E-state index >= 15 is 0 Å². The van der Waals surface area contributed by atoms with E-state index in [1.165, 1.54) is 36.5 Å². The molecule has 1 N–H and O–H groups in total. The Kier molecular flexibility index (Phi) is 4.32. The minimum Gasteiger partial charge on any atom is -0.317 e. The molecule has 1 aromatic rings. The molecule has 1 saturated heterocycles. The van der Waals surface area contributed by atoms with E-state index in [1.807, 2.05) is 0 Å². The van der Waals surface area contributed by atoms with Crippen LogP contribution >= 0.6 is 11.3 Å². The summed E-state index contributed by atoms with van der Waals surface area (Å²) in [5.41, 5.74) is 1.22. The minimum atomic E-state index is 0.719. The Hall–Kier alpha value is -0.450. The Morgan fingerprint density at radius 1 is 1.50 bits per heavy atom. The zero-order valence-corrected chi connectivity index (χ0v) is 11.0. The first-order chi connectivity index (χ1) is 7.75. The molecule has 0 amide bonds. The Labute approximate surface area is 102 Å². The second-order valence-electron chi connectivity index (χ2n) is 4.61. The third kappa shape index (κ3) is 3.27. The monoisotopic (exact) mass is 239 g/mol. The van der Waals surface area contributed by atoms with Crippen LogP contribution in [0.25, 0.3) is 0 Å². The van der Waals surface area contributed by atoms with Crippen molar-refractivity contribution in [1.29, 1.82) is 0 Å². The summed E-state index contributed by atoms with van der Waals surface area (Å²) in [5, 5.41) is 6.81. The van der Waals surface area contributed by atoms with E-state index in [4.69, 9.17) is 0 Å². The second kappa shape index (κ2) is 5.75. The number of hydrogen-bond donors (Lipinski definition) is 1. The SMILES string of the molecule is Cc1nc(CN(C)C2CCCNCC2)cs1. The summed E-state index contributed by atoms with van der Waals surface area (Å²) in [6.07, 6.45) is 3.87. The molecule has 2 rings (SSSR count). The van der Waals surface area contributed by atoms with Crippen LogP contribution in [0, 0.1) is 6.92 Å². The maximum Gasteiger partial charge on any atom is 0.0897 e. The third-order valence-corrected chi connectivity index (χ3v) is 4.07. The van der Waals surface area contributed by atoms with Crippen molar-refractivity contribution in [3.05, 3.63) is 16.1 Å². The molecule has 1 aromatic heterocycles. The quantitative estimate of drug-likeness (QED) is 0.875. The number of aromatic nitrogens is 1. The Morgan fingerprint density at radius 3 is 3.12 bits per heavy atom. The van der Waals surface area contributed by atoms with Crippen LogP contribution in [0.2, 0.25) is 0 Å². The van der Waals surface area contributed by atoms with Crippen molar-refractivity contribution in [2.75, 3.05) is 20.1 Å². The fourth-order valence-corrected chi connectivity index (χ4v) is 2.91. The van der Waals surface area contributed by atoms with Crippen molar-refractivity contribution in [3.8, 4) is 0 Å². The van der Waals surface area contributed by atoms with Gasteiger partial charge in [0, 0.05) is 18.0 Å².